The van der Waals surface area contributed by atoms with Crippen molar-refractivity contribution in [2.75, 3.05) is 19.0 Å². The Hall–Kier alpha value is 0.120. The molecule has 0 aromatic heterocycles. The van der Waals surface area contributed by atoms with Crippen molar-refractivity contribution in [2.24, 2.45) is 0 Å². The molecular formula is C9H17NaO5S. The predicted octanol–water partition coefficient (Wildman–Crippen LogP) is 0.214. The zero-order valence-electron chi connectivity index (χ0n) is 8.99. The van der Waals surface area contributed by atoms with Crippen molar-refractivity contribution in [2.45, 2.75) is 20.3 Å². The summed E-state index contributed by atoms with van der Waals surface area (Å²) in [5, 5.41) is 0. The van der Waals surface area contributed by atoms with E-state index in [9.17, 15) is 13.2 Å². The standard InChI is InChI=1S/C9H16O5S.Na.H/c1-4-7-15(11,12)14-6-5-13-9(10)8(2)3;;/h2,4-7H2,1,3H3;;. The summed E-state index contributed by atoms with van der Waals surface area (Å²) in [4.78, 5) is 10.9. The molecule has 7 heteroatoms. The second kappa shape index (κ2) is 9.18. The van der Waals surface area contributed by atoms with Crippen molar-refractivity contribution in [1.29, 1.82) is 0 Å². The van der Waals surface area contributed by atoms with Crippen LogP contribution in [0.15, 0.2) is 12.2 Å². The van der Waals surface area contributed by atoms with Crippen LogP contribution in [-0.4, -0.2) is 62.9 Å². The van der Waals surface area contributed by atoms with Crippen molar-refractivity contribution in [3.05, 3.63) is 12.2 Å². The number of rotatable bonds is 7. The average molecular weight is 260 g/mol. The second-order valence-corrected chi connectivity index (χ2v) is 4.76. The summed E-state index contributed by atoms with van der Waals surface area (Å²) in [5.41, 5.74) is 0.270. The van der Waals surface area contributed by atoms with E-state index in [4.69, 9.17) is 0 Å². The molecule has 0 unspecified atom stereocenters. The van der Waals surface area contributed by atoms with Crippen molar-refractivity contribution < 1.29 is 22.1 Å². The van der Waals surface area contributed by atoms with E-state index in [1.54, 1.807) is 6.92 Å². The van der Waals surface area contributed by atoms with E-state index in [0.29, 0.717) is 6.42 Å². The molecule has 16 heavy (non-hydrogen) atoms. The Morgan fingerprint density at radius 3 is 2.31 bits per heavy atom. The molecule has 0 saturated heterocycles. The van der Waals surface area contributed by atoms with Crippen LogP contribution in [0.1, 0.15) is 20.3 Å². The van der Waals surface area contributed by atoms with Crippen LogP contribution in [0.3, 0.4) is 0 Å². The fourth-order valence-electron chi connectivity index (χ4n) is 0.727. The van der Waals surface area contributed by atoms with Gasteiger partial charge in [0.1, 0.15) is 13.2 Å². The molecule has 0 fully saturated rings. The van der Waals surface area contributed by atoms with Crippen molar-refractivity contribution in [3.63, 3.8) is 0 Å². The van der Waals surface area contributed by atoms with Crippen LogP contribution in [0, 0.1) is 0 Å². The van der Waals surface area contributed by atoms with Crippen LogP contribution in [-0.2, 0) is 23.8 Å². The molecule has 0 aliphatic rings. The summed E-state index contributed by atoms with van der Waals surface area (Å²) < 4.78 is 31.3. The SMILES string of the molecule is C=C(C)C(=O)OCCOS(=O)(=O)CCC.[NaH]. The molecule has 0 saturated carbocycles. The van der Waals surface area contributed by atoms with Gasteiger partial charge in [-0.2, -0.15) is 8.42 Å². The molecule has 0 aromatic rings. The Bertz CT molecular complexity index is 323. The average Bonchev–Trinajstić information content (AvgIpc) is 2.11. The van der Waals surface area contributed by atoms with Gasteiger partial charge >= 0.3 is 35.5 Å². The molecule has 0 bridgehead atoms. The van der Waals surface area contributed by atoms with E-state index in [2.05, 4.69) is 15.5 Å². The zero-order valence-corrected chi connectivity index (χ0v) is 9.80. The number of ether oxygens (including phenoxy) is 1. The van der Waals surface area contributed by atoms with E-state index in [1.807, 2.05) is 0 Å². The van der Waals surface area contributed by atoms with Crippen molar-refractivity contribution in [3.8, 4) is 0 Å². The first kappa shape index (κ1) is 18.5. The number of hydrogen-bond acceptors (Lipinski definition) is 5. The van der Waals surface area contributed by atoms with Crippen LogP contribution in [0.4, 0.5) is 0 Å². The normalized spacial score (nSPS) is 10.4. The first-order valence-corrected chi connectivity index (χ1v) is 6.16. The Kier molecular flexibility index (Phi) is 10.6. The Morgan fingerprint density at radius 1 is 1.31 bits per heavy atom. The van der Waals surface area contributed by atoms with Gasteiger partial charge in [0.25, 0.3) is 10.1 Å². The van der Waals surface area contributed by atoms with Gasteiger partial charge in [-0.3, -0.25) is 4.18 Å². The van der Waals surface area contributed by atoms with Gasteiger partial charge in [-0.15, -0.1) is 0 Å². The Labute approximate surface area is 119 Å². The number of hydrogen-bond donors (Lipinski definition) is 0. The first-order valence-electron chi connectivity index (χ1n) is 4.58. The number of carbonyl (C=O) groups is 1. The molecule has 5 nitrogen and oxygen atoms in total. The van der Waals surface area contributed by atoms with Gasteiger partial charge in [-0.05, 0) is 13.3 Å². The molecule has 0 N–H and O–H groups in total. The van der Waals surface area contributed by atoms with E-state index in [0.717, 1.165) is 0 Å². The van der Waals surface area contributed by atoms with Crippen molar-refractivity contribution >= 4 is 45.6 Å². The van der Waals surface area contributed by atoms with Crippen molar-refractivity contribution in [1.82, 2.24) is 0 Å². The van der Waals surface area contributed by atoms with Gasteiger partial charge in [0.05, 0.1) is 5.75 Å². The predicted molar refractivity (Wildman–Crippen MR) is 63.0 cm³/mol. The molecule has 0 spiro atoms. The topological polar surface area (TPSA) is 69.7 Å². The Balaban J connectivity index is 0. The third-order valence-electron chi connectivity index (χ3n) is 1.38. The van der Waals surface area contributed by atoms with E-state index in [-0.39, 0.29) is 54.1 Å². The summed E-state index contributed by atoms with van der Waals surface area (Å²) in [5.74, 6) is -0.576. The fourth-order valence-corrected chi connectivity index (χ4v) is 1.67. The van der Waals surface area contributed by atoms with E-state index >= 15 is 0 Å². The fraction of sp³-hybridized carbons (Fsp3) is 0.667. The van der Waals surface area contributed by atoms with Gasteiger partial charge < -0.3 is 4.74 Å². The monoisotopic (exact) mass is 260 g/mol. The molecule has 0 heterocycles. The minimum absolute atomic E-state index is 0. The maximum atomic E-state index is 11.0. The molecular weight excluding hydrogens is 243 g/mol. The van der Waals surface area contributed by atoms with Gasteiger partial charge in [-0.25, -0.2) is 4.79 Å². The first-order chi connectivity index (χ1) is 6.89. The van der Waals surface area contributed by atoms with Crippen LogP contribution in [0.5, 0.6) is 0 Å². The third-order valence-corrected chi connectivity index (χ3v) is 2.82. The van der Waals surface area contributed by atoms with Crippen LogP contribution in [0.2, 0.25) is 0 Å². The van der Waals surface area contributed by atoms with E-state index in [1.165, 1.54) is 6.92 Å². The summed E-state index contributed by atoms with van der Waals surface area (Å²) >= 11 is 0. The summed E-state index contributed by atoms with van der Waals surface area (Å²) in [7, 11) is -3.46. The summed E-state index contributed by atoms with van der Waals surface area (Å²) in [6.45, 7) is 6.39. The minimum atomic E-state index is -3.46. The van der Waals surface area contributed by atoms with Gasteiger partial charge in [0, 0.05) is 5.57 Å². The molecule has 90 valence electrons. The number of esters is 1. The van der Waals surface area contributed by atoms with E-state index < -0.39 is 16.1 Å². The number of carbonyl (C=O) groups excluding carboxylic acids is 1. The van der Waals surface area contributed by atoms with Gasteiger partial charge in [0.15, 0.2) is 0 Å². The van der Waals surface area contributed by atoms with Crippen LogP contribution >= 0.6 is 0 Å². The molecule has 0 aliphatic carbocycles. The third kappa shape index (κ3) is 9.35. The molecule has 0 atom stereocenters. The van der Waals surface area contributed by atoms with Crippen LogP contribution in [0.25, 0.3) is 0 Å². The Morgan fingerprint density at radius 2 is 1.88 bits per heavy atom. The van der Waals surface area contributed by atoms with Gasteiger partial charge in [0.2, 0.25) is 0 Å². The molecule has 0 aromatic carbocycles. The summed E-state index contributed by atoms with van der Waals surface area (Å²) in [6.07, 6.45) is 0.494. The quantitative estimate of drug-likeness (QED) is 0.215. The van der Waals surface area contributed by atoms with Crippen LogP contribution < -0.4 is 0 Å². The van der Waals surface area contributed by atoms with Gasteiger partial charge in [-0.1, -0.05) is 13.5 Å². The molecule has 0 amide bonds. The molecule has 0 radical (unpaired) electrons. The summed E-state index contributed by atoms with van der Waals surface area (Å²) in [6, 6.07) is 0. The molecule has 0 aliphatic heterocycles. The molecule has 0 rings (SSSR count). The zero-order chi connectivity index (χ0) is 11.9. The maximum absolute atomic E-state index is 11.0. The second-order valence-electron chi connectivity index (χ2n) is 3.00.